The van der Waals surface area contributed by atoms with E-state index < -0.39 is 11.4 Å². The van der Waals surface area contributed by atoms with Crippen molar-refractivity contribution in [2.24, 2.45) is 0 Å². The fourth-order valence-corrected chi connectivity index (χ4v) is 3.67. The third kappa shape index (κ3) is 4.63. The number of thiazole rings is 1. The van der Waals surface area contributed by atoms with Gasteiger partial charge in [0.05, 0.1) is 28.3 Å². The van der Waals surface area contributed by atoms with Crippen LogP contribution in [0.4, 0.5) is 0 Å². The van der Waals surface area contributed by atoms with E-state index >= 15 is 0 Å². The minimum absolute atomic E-state index is 0.117. The van der Waals surface area contributed by atoms with Gasteiger partial charge >= 0.3 is 0 Å². The maximum atomic E-state index is 13.0. The average Bonchev–Trinajstić information content (AvgIpc) is 3.25. The number of carbonyl (C=O) groups excluding carboxylic acids is 2. The molecule has 3 aromatic rings. The van der Waals surface area contributed by atoms with Crippen LogP contribution in [0.3, 0.4) is 0 Å². The van der Waals surface area contributed by atoms with Crippen LogP contribution in [-0.2, 0) is 11.4 Å². The van der Waals surface area contributed by atoms with E-state index in [4.69, 9.17) is 14.3 Å². The highest BCUT2D eigenvalue weighted by Crippen LogP contribution is 2.30. The number of aryl methyl sites for hydroxylation is 2. The minimum Gasteiger partial charge on any atom is -0.488 e. The first kappa shape index (κ1) is 21.8. The van der Waals surface area contributed by atoms with Gasteiger partial charge in [-0.05, 0) is 45.9 Å². The normalized spacial score (nSPS) is 11.5. The van der Waals surface area contributed by atoms with E-state index in [1.54, 1.807) is 44.5 Å². The summed E-state index contributed by atoms with van der Waals surface area (Å²) in [7, 11) is 0. The van der Waals surface area contributed by atoms with Crippen molar-refractivity contribution in [1.82, 2.24) is 15.6 Å². The lowest BCUT2D eigenvalue weighted by Crippen LogP contribution is -2.55. The Hall–Kier alpha value is -2.91. The number of nitrogens with zero attached hydrogens (tertiary/aromatic N) is 1. The van der Waals surface area contributed by atoms with Crippen molar-refractivity contribution in [2.75, 3.05) is 13.2 Å². The number of aliphatic hydroxyl groups excluding tert-OH is 1. The maximum Gasteiger partial charge on any atom is 0.256 e. The fourth-order valence-electron chi connectivity index (χ4n) is 2.98. The van der Waals surface area contributed by atoms with E-state index in [1.165, 1.54) is 11.3 Å². The number of fused-ring (bicyclic) bond motifs is 1. The largest absolute Gasteiger partial charge is 0.488 e. The van der Waals surface area contributed by atoms with Gasteiger partial charge in [-0.3, -0.25) is 9.59 Å². The smallest absolute Gasteiger partial charge is 0.256 e. The van der Waals surface area contributed by atoms with Gasteiger partial charge in [-0.2, -0.15) is 0 Å². The molecule has 3 rings (SSSR count). The third-order valence-electron chi connectivity index (χ3n) is 4.67. The van der Waals surface area contributed by atoms with Gasteiger partial charge in [-0.15, -0.1) is 11.3 Å². The van der Waals surface area contributed by atoms with Gasteiger partial charge in [0.1, 0.15) is 29.2 Å². The molecular formula is C21H25N3O5S. The molecule has 0 saturated carbocycles. The van der Waals surface area contributed by atoms with E-state index in [2.05, 4.69) is 15.6 Å². The standard InChI is InChI=1S/C21H25N3O5S/c1-12-17(30-11-23-12)10-28-14-5-6-16-15(9-14)18(13(2)29-16)19(26)24-21(3,4)20(27)22-7-8-25/h5-6,9,11,25H,7-8,10H2,1-4H3,(H,22,27)(H,24,26). The van der Waals surface area contributed by atoms with Crippen molar-refractivity contribution in [3.8, 4) is 5.75 Å². The fraction of sp³-hybridized carbons (Fsp3) is 0.381. The average molecular weight is 432 g/mol. The zero-order valence-corrected chi connectivity index (χ0v) is 18.2. The monoisotopic (exact) mass is 431 g/mol. The van der Waals surface area contributed by atoms with E-state index in [9.17, 15) is 9.59 Å². The van der Waals surface area contributed by atoms with Crippen LogP contribution in [0.25, 0.3) is 11.0 Å². The lowest BCUT2D eigenvalue weighted by atomic mass is 10.0. The molecule has 9 heteroatoms. The molecule has 160 valence electrons. The first-order chi connectivity index (χ1) is 14.2. The van der Waals surface area contributed by atoms with Crippen LogP contribution in [0.1, 0.15) is 40.5 Å². The summed E-state index contributed by atoms with van der Waals surface area (Å²) in [6.07, 6.45) is 0. The lowest BCUT2D eigenvalue weighted by Gasteiger charge is -2.25. The summed E-state index contributed by atoms with van der Waals surface area (Å²) in [6, 6.07) is 5.30. The van der Waals surface area contributed by atoms with Crippen LogP contribution in [0, 0.1) is 13.8 Å². The molecule has 0 fully saturated rings. The summed E-state index contributed by atoms with van der Waals surface area (Å²) in [5.74, 6) is 0.236. The van der Waals surface area contributed by atoms with Gasteiger partial charge < -0.3 is 24.9 Å². The van der Waals surface area contributed by atoms with Gasteiger partial charge in [-0.1, -0.05) is 0 Å². The van der Waals surface area contributed by atoms with E-state index in [0.29, 0.717) is 34.6 Å². The predicted octanol–water partition coefficient (Wildman–Crippen LogP) is 2.70. The van der Waals surface area contributed by atoms with Crippen LogP contribution in [0.5, 0.6) is 5.75 Å². The molecule has 0 aliphatic carbocycles. The molecule has 0 saturated heterocycles. The topological polar surface area (TPSA) is 114 Å². The summed E-state index contributed by atoms with van der Waals surface area (Å²) in [5.41, 5.74) is 2.45. The van der Waals surface area contributed by atoms with Crippen molar-refractivity contribution < 1.29 is 23.8 Å². The number of aliphatic hydroxyl groups is 1. The molecule has 0 atom stereocenters. The van der Waals surface area contributed by atoms with Crippen molar-refractivity contribution in [3.63, 3.8) is 0 Å². The number of aromatic nitrogens is 1. The molecule has 0 unspecified atom stereocenters. The second-order valence-electron chi connectivity index (χ2n) is 7.40. The Labute approximate surface area is 178 Å². The zero-order chi connectivity index (χ0) is 21.9. The minimum atomic E-state index is -1.17. The van der Waals surface area contributed by atoms with Gasteiger partial charge in [0.2, 0.25) is 5.91 Å². The number of hydrogen-bond acceptors (Lipinski definition) is 7. The quantitative estimate of drug-likeness (QED) is 0.505. The van der Waals surface area contributed by atoms with E-state index in [1.807, 2.05) is 6.92 Å². The molecule has 2 heterocycles. The highest BCUT2D eigenvalue weighted by atomic mass is 32.1. The summed E-state index contributed by atoms with van der Waals surface area (Å²) in [5, 5.41) is 14.8. The summed E-state index contributed by atoms with van der Waals surface area (Å²) in [4.78, 5) is 30.5. The molecule has 2 aromatic heterocycles. The molecule has 0 bridgehead atoms. The second kappa shape index (κ2) is 8.85. The van der Waals surface area contributed by atoms with Crippen LogP contribution in [0.2, 0.25) is 0 Å². The molecule has 0 spiro atoms. The molecule has 8 nitrogen and oxygen atoms in total. The van der Waals surface area contributed by atoms with Crippen molar-refractivity contribution in [2.45, 2.75) is 39.8 Å². The number of amides is 2. The van der Waals surface area contributed by atoms with Crippen LogP contribution >= 0.6 is 11.3 Å². The van der Waals surface area contributed by atoms with Crippen LogP contribution < -0.4 is 15.4 Å². The Kier molecular flexibility index (Phi) is 6.42. The van der Waals surface area contributed by atoms with Gasteiger partial charge in [-0.25, -0.2) is 4.98 Å². The predicted molar refractivity (Wildman–Crippen MR) is 114 cm³/mol. The van der Waals surface area contributed by atoms with Crippen LogP contribution in [0.15, 0.2) is 28.1 Å². The zero-order valence-electron chi connectivity index (χ0n) is 17.4. The molecule has 0 aliphatic rings. The summed E-state index contributed by atoms with van der Waals surface area (Å²) < 4.78 is 11.6. The molecule has 1 aromatic carbocycles. The van der Waals surface area contributed by atoms with Gasteiger partial charge in [0, 0.05) is 11.9 Å². The number of rotatable bonds is 8. The Morgan fingerprint density at radius 1 is 1.30 bits per heavy atom. The molecule has 0 radical (unpaired) electrons. The van der Waals surface area contributed by atoms with Gasteiger partial charge in [0.25, 0.3) is 5.91 Å². The number of benzene rings is 1. The Bertz CT molecular complexity index is 1070. The number of furan rings is 1. The molecular weight excluding hydrogens is 406 g/mol. The third-order valence-corrected chi connectivity index (χ3v) is 5.58. The molecule has 0 aliphatic heterocycles. The Morgan fingerprint density at radius 3 is 2.73 bits per heavy atom. The second-order valence-corrected chi connectivity index (χ2v) is 8.34. The number of hydrogen-bond donors (Lipinski definition) is 3. The first-order valence-electron chi connectivity index (χ1n) is 9.49. The highest BCUT2D eigenvalue weighted by molar-refractivity contribution is 7.09. The Morgan fingerprint density at radius 2 is 2.07 bits per heavy atom. The first-order valence-corrected chi connectivity index (χ1v) is 10.4. The summed E-state index contributed by atoms with van der Waals surface area (Å²) in [6.45, 7) is 7.16. The van der Waals surface area contributed by atoms with Crippen LogP contribution in [-0.4, -0.2) is 40.6 Å². The summed E-state index contributed by atoms with van der Waals surface area (Å²) >= 11 is 1.53. The lowest BCUT2D eigenvalue weighted by molar-refractivity contribution is -0.126. The molecule has 2 amide bonds. The van der Waals surface area contributed by atoms with Crippen molar-refractivity contribution >= 4 is 34.1 Å². The Balaban J connectivity index is 1.82. The number of carbonyl (C=O) groups is 2. The van der Waals surface area contributed by atoms with E-state index in [-0.39, 0.29) is 19.1 Å². The highest BCUT2D eigenvalue weighted by Gasteiger charge is 2.31. The van der Waals surface area contributed by atoms with Gasteiger partial charge in [0.15, 0.2) is 0 Å². The SMILES string of the molecule is Cc1ncsc1COc1ccc2oc(C)c(C(=O)NC(C)(C)C(=O)NCCO)c2c1. The number of ether oxygens (including phenoxy) is 1. The number of nitrogens with one attached hydrogen (secondary N) is 2. The molecule has 30 heavy (non-hydrogen) atoms. The van der Waals surface area contributed by atoms with Crippen molar-refractivity contribution in [3.05, 3.63) is 45.6 Å². The van der Waals surface area contributed by atoms with E-state index in [0.717, 1.165) is 10.6 Å². The van der Waals surface area contributed by atoms with Crippen molar-refractivity contribution in [1.29, 1.82) is 0 Å². The molecule has 3 N–H and O–H groups in total. The maximum absolute atomic E-state index is 13.0.